The van der Waals surface area contributed by atoms with Crippen LogP contribution in [0.1, 0.15) is 18.4 Å². The number of thiophene rings is 1. The maximum Gasteiger partial charge on any atom is 0.240 e. The maximum absolute atomic E-state index is 12.2. The Labute approximate surface area is 163 Å². The number of hydrogen-bond donors (Lipinski definition) is 3. The van der Waals surface area contributed by atoms with Crippen molar-refractivity contribution >= 4 is 38.9 Å². The fourth-order valence-electron chi connectivity index (χ4n) is 2.23. The second kappa shape index (κ2) is 9.91. The van der Waals surface area contributed by atoms with Crippen LogP contribution in [0.3, 0.4) is 0 Å². The fourth-order valence-corrected chi connectivity index (χ4v) is 4.34. The highest BCUT2D eigenvalue weighted by Crippen LogP contribution is 2.17. The van der Waals surface area contributed by atoms with Gasteiger partial charge < -0.3 is 10.6 Å². The lowest BCUT2D eigenvalue weighted by atomic mass is 10.1. The number of nitrogens with one attached hydrogen (secondary N) is 3. The molecule has 1 unspecified atom stereocenters. The quantitative estimate of drug-likeness (QED) is 0.352. The highest BCUT2D eigenvalue weighted by Gasteiger charge is 2.13. The first-order valence-electron chi connectivity index (χ1n) is 8.14. The van der Waals surface area contributed by atoms with Gasteiger partial charge in [-0.25, -0.2) is 13.1 Å². The van der Waals surface area contributed by atoms with Crippen LogP contribution in [0, 0.1) is 0 Å². The molecule has 0 saturated heterocycles. The molecule has 0 radical (unpaired) electrons. The molecule has 0 amide bonds. The minimum absolute atomic E-state index is 0.150. The Morgan fingerprint density at radius 1 is 1.27 bits per heavy atom. The predicted octanol–water partition coefficient (Wildman–Crippen LogP) is 2.65. The van der Waals surface area contributed by atoms with Gasteiger partial charge >= 0.3 is 0 Å². The Morgan fingerprint density at radius 2 is 2.08 bits per heavy atom. The summed E-state index contributed by atoms with van der Waals surface area (Å²) in [4.78, 5) is 4.30. The number of rotatable bonds is 8. The van der Waals surface area contributed by atoms with E-state index in [1.165, 1.54) is 17.7 Å². The van der Waals surface area contributed by atoms with Crippen molar-refractivity contribution in [1.29, 1.82) is 0 Å². The summed E-state index contributed by atoms with van der Waals surface area (Å²) in [5.41, 5.74) is 1.28. The normalized spacial score (nSPS) is 13.4. The highest BCUT2D eigenvalue weighted by molar-refractivity contribution is 7.89. The topological polar surface area (TPSA) is 82.6 Å². The van der Waals surface area contributed by atoms with E-state index in [0.717, 1.165) is 6.54 Å². The molecule has 142 valence electrons. The van der Waals surface area contributed by atoms with Crippen molar-refractivity contribution in [1.82, 2.24) is 15.4 Å². The zero-order valence-electron chi connectivity index (χ0n) is 14.7. The smallest absolute Gasteiger partial charge is 0.240 e. The van der Waals surface area contributed by atoms with Crippen LogP contribution in [0.5, 0.6) is 0 Å². The van der Waals surface area contributed by atoms with Gasteiger partial charge in [0, 0.05) is 31.7 Å². The van der Waals surface area contributed by atoms with Crippen molar-refractivity contribution in [3.63, 3.8) is 0 Å². The molecule has 1 atom stereocenters. The Bertz CT molecular complexity index is 823. The lowest BCUT2D eigenvalue weighted by molar-refractivity contribution is 0.580. The molecule has 0 saturated carbocycles. The molecular formula is C17H23ClN4O2S2. The van der Waals surface area contributed by atoms with Crippen LogP contribution in [-0.4, -0.2) is 41.1 Å². The zero-order chi connectivity index (χ0) is 19.0. The summed E-state index contributed by atoms with van der Waals surface area (Å²) in [7, 11) is -1.90. The highest BCUT2D eigenvalue weighted by atomic mass is 35.5. The molecule has 1 aromatic heterocycles. The monoisotopic (exact) mass is 414 g/mol. The molecule has 2 rings (SSSR count). The van der Waals surface area contributed by atoms with Gasteiger partial charge in [-0.2, -0.15) is 11.3 Å². The van der Waals surface area contributed by atoms with Crippen LogP contribution in [0.4, 0.5) is 0 Å². The largest absolute Gasteiger partial charge is 0.356 e. The van der Waals surface area contributed by atoms with E-state index in [4.69, 9.17) is 11.6 Å². The average molecular weight is 415 g/mol. The third-order valence-electron chi connectivity index (χ3n) is 3.73. The molecule has 6 nitrogen and oxygen atoms in total. The summed E-state index contributed by atoms with van der Waals surface area (Å²) in [6, 6.07) is 8.28. The van der Waals surface area contributed by atoms with E-state index in [0.29, 0.717) is 23.4 Å². The van der Waals surface area contributed by atoms with Crippen LogP contribution >= 0.6 is 22.9 Å². The van der Waals surface area contributed by atoms with Gasteiger partial charge in [0.05, 0.1) is 4.90 Å². The van der Waals surface area contributed by atoms with Crippen LogP contribution in [0.2, 0.25) is 5.02 Å². The molecule has 26 heavy (non-hydrogen) atoms. The third kappa shape index (κ3) is 6.28. The van der Waals surface area contributed by atoms with Gasteiger partial charge in [0.2, 0.25) is 10.0 Å². The lowest BCUT2D eigenvalue weighted by Gasteiger charge is -2.15. The average Bonchev–Trinajstić information content (AvgIpc) is 3.15. The Hall–Kier alpha value is -1.61. The van der Waals surface area contributed by atoms with Crippen molar-refractivity contribution in [3.8, 4) is 0 Å². The molecule has 0 aliphatic rings. The molecule has 9 heteroatoms. The summed E-state index contributed by atoms with van der Waals surface area (Å²) < 4.78 is 26.9. The van der Waals surface area contributed by atoms with E-state index in [1.807, 2.05) is 0 Å². The summed E-state index contributed by atoms with van der Waals surface area (Å²) in [5, 5.41) is 10.9. The summed E-state index contributed by atoms with van der Waals surface area (Å²) in [5.74, 6) is 0.996. The van der Waals surface area contributed by atoms with Gasteiger partial charge in [0.1, 0.15) is 0 Å². The van der Waals surface area contributed by atoms with E-state index in [2.05, 4.69) is 44.1 Å². The SMILES string of the molecule is CN=C(NCCNS(=O)(=O)c1cccc(Cl)c1)NCC(C)c1ccsc1. The number of hydrogen-bond acceptors (Lipinski definition) is 4. The van der Waals surface area contributed by atoms with Gasteiger partial charge in [-0.05, 0) is 46.5 Å². The summed E-state index contributed by atoms with van der Waals surface area (Å²) >= 11 is 7.52. The molecule has 0 aliphatic carbocycles. The van der Waals surface area contributed by atoms with Crippen molar-refractivity contribution < 1.29 is 8.42 Å². The van der Waals surface area contributed by atoms with Crippen LogP contribution < -0.4 is 15.4 Å². The Morgan fingerprint density at radius 3 is 2.73 bits per heavy atom. The summed E-state index contributed by atoms with van der Waals surface area (Å²) in [6.07, 6.45) is 0. The van der Waals surface area contributed by atoms with Crippen molar-refractivity contribution in [3.05, 3.63) is 51.7 Å². The van der Waals surface area contributed by atoms with Gasteiger partial charge in [0.15, 0.2) is 5.96 Å². The van der Waals surface area contributed by atoms with Gasteiger partial charge in [-0.1, -0.05) is 24.6 Å². The molecule has 0 fully saturated rings. The number of benzene rings is 1. The van der Waals surface area contributed by atoms with Crippen LogP contribution in [0.25, 0.3) is 0 Å². The van der Waals surface area contributed by atoms with Gasteiger partial charge in [-0.15, -0.1) is 0 Å². The number of guanidine groups is 1. The lowest BCUT2D eigenvalue weighted by Crippen LogP contribution is -2.42. The number of sulfonamides is 1. The van der Waals surface area contributed by atoms with Gasteiger partial charge in [-0.3, -0.25) is 4.99 Å². The first-order chi connectivity index (χ1) is 12.4. The first kappa shape index (κ1) is 20.7. The number of nitrogens with zero attached hydrogens (tertiary/aromatic N) is 1. The molecule has 0 aliphatic heterocycles. The summed E-state index contributed by atoms with van der Waals surface area (Å²) in [6.45, 7) is 3.52. The first-order valence-corrected chi connectivity index (χ1v) is 10.9. The van der Waals surface area contributed by atoms with Crippen LogP contribution in [0.15, 0.2) is 51.0 Å². The minimum Gasteiger partial charge on any atom is -0.356 e. The predicted molar refractivity (Wildman–Crippen MR) is 109 cm³/mol. The molecule has 0 spiro atoms. The van der Waals surface area contributed by atoms with Gasteiger partial charge in [0.25, 0.3) is 0 Å². The second-order valence-corrected chi connectivity index (χ2v) is 8.68. The molecule has 1 heterocycles. The van der Waals surface area contributed by atoms with Crippen LogP contribution in [-0.2, 0) is 10.0 Å². The van der Waals surface area contributed by atoms with Crippen molar-refractivity contribution in [2.24, 2.45) is 4.99 Å². The molecule has 2 aromatic rings. The maximum atomic E-state index is 12.2. The van der Waals surface area contributed by atoms with E-state index in [1.54, 1.807) is 30.5 Å². The fraction of sp³-hybridized carbons (Fsp3) is 0.353. The van der Waals surface area contributed by atoms with E-state index < -0.39 is 10.0 Å². The minimum atomic E-state index is -3.58. The number of aliphatic imine (C=N–C) groups is 1. The second-order valence-electron chi connectivity index (χ2n) is 5.69. The van der Waals surface area contributed by atoms with E-state index in [-0.39, 0.29) is 11.4 Å². The standard InChI is InChI=1S/C17H23ClN4O2S2/c1-13(14-6-9-25-12-14)11-21-17(19-2)20-7-8-22-26(23,24)16-5-3-4-15(18)10-16/h3-6,9-10,12-13,22H,7-8,11H2,1-2H3,(H2,19,20,21). The molecule has 1 aromatic carbocycles. The van der Waals surface area contributed by atoms with Crippen molar-refractivity contribution in [2.45, 2.75) is 17.7 Å². The molecule has 3 N–H and O–H groups in total. The van der Waals surface area contributed by atoms with E-state index in [9.17, 15) is 8.42 Å². The zero-order valence-corrected chi connectivity index (χ0v) is 17.1. The van der Waals surface area contributed by atoms with Crippen molar-refractivity contribution in [2.75, 3.05) is 26.7 Å². The molecule has 0 bridgehead atoms. The Balaban J connectivity index is 1.75. The Kier molecular flexibility index (Phi) is 7.89. The van der Waals surface area contributed by atoms with E-state index >= 15 is 0 Å². The third-order valence-corrected chi connectivity index (χ3v) is 6.12. The number of halogens is 1. The molecular weight excluding hydrogens is 392 g/mol.